The Morgan fingerprint density at radius 2 is 2.11 bits per heavy atom. The summed E-state index contributed by atoms with van der Waals surface area (Å²) in [5, 5.41) is 4.72. The first-order valence-corrected chi connectivity index (χ1v) is 5.14. The number of nitrogens with one attached hydrogen (secondary N) is 2. The zero-order valence-electron chi connectivity index (χ0n) is 9.99. The summed E-state index contributed by atoms with van der Waals surface area (Å²) in [6.07, 6.45) is 0. The van der Waals surface area contributed by atoms with E-state index in [4.69, 9.17) is 10.5 Å². The van der Waals surface area contributed by atoms with Gasteiger partial charge < -0.3 is 15.8 Å². The summed E-state index contributed by atoms with van der Waals surface area (Å²) in [6.45, 7) is 1.54. The standard InChI is InChI=1S/C11H14FN3O3/c1-6(10(16)15-11(13)17)14-7-3-4-8(12)9(5-7)18-2/h3-6,14H,1-2H3,(H3,13,15,16,17). The van der Waals surface area contributed by atoms with Crippen molar-refractivity contribution in [3.63, 3.8) is 0 Å². The van der Waals surface area contributed by atoms with E-state index in [1.165, 1.54) is 32.2 Å². The molecule has 0 aliphatic heterocycles. The van der Waals surface area contributed by atoms with Crippen LogP contribution in [0.3, 0.4) is 0 Å². The molecule has 0 aromatic heterocycles. The van der Waals surface area contributed by atoms with Crippen molar-refractivity contribution in [1.82, 2.24) is 5.32 Å². The lowest BCUT2D eigenvalue weighted by molar-refractivity contribution is -0.120. The maximum atomic E-state index is 13.1. The van der Waals surface area contributed by atoms with Gasteiger partial charge in [0.25, 0.3) is 0 Å². The van der Waals surface area contributed by atoms with E-state index in [9.17, 15) is 14.0 Å². The summed E-state index contributed by atoms with van der Waals surface area (Å²) in [5.41, 5.74) is 5.31. The molecule has 1 aromatic carbocycles. The van der Waals surface area contributed by atoms with Gasteiger partial charge in [-0.25, -0.2) is 9.18 Å². The third-order valence-corrected chi connectivity index (χ3v) is 2.17. The number of primary amides is 1. The molecule has 0 aliphatic rings. The molecule has 0 fully saturated rings. The van der Waals surface area contributed by atoms with Crippen LogP contribution >= 0.6 is 0 Å². The highest BCUT2D eigenvalue weighted by molar-refractivity contribution is 5.97. The molecule has 6 nitrogen and oxygen atoms in total. The number of imide groups is 1. The van der Waals surface area contributed by atoms with Crippen LogP contribution in [-0.4, -0.2) is 25.1 Å². The van der Waals surface area contributed by atoms with Crippen LogP contribution in [0.5, 0.6) is 5.75 Å². The lowest BCUT2D eigenvalue weighted by Gasteiger charge is -2.14. The number of ether oxygens (including phenoxy) is 1. The summed E-state index contributed by atoms with van der Waals surface area (Å²) >= 11 is 0. The van der Waals surface area contributed by atoms with Crippen LogP contribution in [0.15, 0.2) is 18.2 Å². The zero-order valence-corrected chi connectivity index (χ0v) is 9.99. The van der Waals surface area contributed by atoms with E-state index in [1.807, 2.05) is 5.32 Å². The molecule has 0 saturated heterocycles. The average molecular weight is 255 g/mol. The van der Waals surface area contributed by atoms with Crippen LogP contribution in [0.1, 0.15) is 6.92 Å². The first-order chi connectivity index (χ1) is 8.43. The molecule has 1 aromatic rings. The topological polar surface area (TPSA) is 93.4 Å². The second kappa shape index (κ2) is 5.85. The van der Waals surface area contributed by atoms with Gasteiger partial charge in [0, 0.05) is 11.8 Å². The van der Waals surface area contributed by atoms with Crippen LogP contribution < -0.4 is 21.1 Å². The first-order valence-electron chi connectivity index (χ1n) is 5.14. The summed E-state index contributed by atoms with van der Waals surface area (Å²) in [7, 11) is 1.34. The van der Waals surface area contributed by atoms with Gasteiger partial charge in [-0.1, -0.05) is 0 Å². The van der Waals surface area contributed by atoms with E-state index in [0.717, 1.165) is 0 Å². The van der Waals surface area contributed by atoms with Gasteiger partial charge in [0.15, 0.2) is 11.6 Å². The van der Waals surface area contributed by atoms with Crippen LogP contribution in [0.4, 0.5) is 14.9 Å². The Morgan fingerprint density at radius 1 is 1.44 bits per heavy atom. The molecule has 1 atom stereocenters. The fourth-order valence-electron chi connectivity index (χ4n) is 1.29. The molecule has 1 rings (SSSR count). The fraction of sp³-hybridized carbons (Fsp3) is 0.273. The van der Waals surface area contributed by atoms with Crippen LogP contribution in [0.25, 0.3) is 0 Å². The fourth-order valence-corrected chi connectivity index (χ4v) is 1.29. The maximum absolute atomic E-state index is 13.1. The van der Waals surface area contributed by atoms with Gasteiger partial charge in [-0.15, -0.1) is 0 Å². The minimum Gasteiger partial charge on any atom is -0.494 e. The highest BCUT2D eigenvalue weighted by atomic mass is 19.1. The van der Waals surface area contributed by atoms with Crippen molar-refractivity contribution in [3.8, 4) is 5.75 Å². The number of carbonyl (C=O) groups is 2. The van der Waals surface area contributed by atoms with Crippen molar-refractivity contribution in [1.29, 1.82) is 0 Å². The Hall–Kier alpha value is -2.31. The SMILES string of the molecule is COc1cc(NC(C)C(=O)NC(N)=O)ccc1F. The van der Waals surface area contributed by atoms with Crippen molar-refractivity contribution in [2.24, 2.45) is 5.73 Å². The number of anilines is 1. The summed E-state index contributed by atoms with van der Waals surface area (Å²) in [5.74, 6) is -1.02. The number of hydrogen-bond acceptors (Lipinski definition) is 4. The minimum absolute atomic E-state index is 0.0579. The molecule has 0 heterocycles. The van der Waals surface area contributed by atoms with E-state index in [1.54, 1.807) is 0 Å². The van der Waals surface area contributed by atoms with Gasteiger partial charge in [-0.05, 0) is 19.1 Å². The van der Waals surface area contributed by atoms with E-state index in [0.29, 0.717) is 5.69 Å². The van der Waals surface area contributed by atoms with Crippen molar-refractivity contribution >= 4 is 17.6 Å². The van der Waals surface area contributed by atoms with Gasteiger partial charge >= 0.3 is 6.03 Å². The number of amides is 3. The highest BCUT2D eigenvalue weighted by Gasteiger charge is 2.14. The number of hydrogen-bond donors (Lipinski definition) is 3. The number of halogens is 1. The number of benzene rings is 1. The predicted molar refractivity (Wildman–Crippen MR) is 63.8 cm³/mol. The average Bonchev–Trinajstić information content (AvgIpc) is 2.30. The Labute approximate surface area is 103 Å². The Morgan fingerprint density at radius 3 is 2.67 bits per heavy atom. The summed E-state index contributed by atoms with van der Waals surface area (Å²) in [6, 6.07) is 2.44. The molecular weight excluding hydrogens is 241 g/mol. The molecule has 0 aliphatic carbocycles. The molecule has 0 radical (unpaired) electrons. The predicted octanol–water partition coefficient (Wildman–Crippen LogP) is 0.830. The third kappa shape index (κ3) is 3.62. The quantitative estimate of drug-likeness (QED) is 0.742. The van der Waals surface area contributed by atoms with Gasteiger partial charge in [0.2, 0.25) is 5.91 Å². The zero-order chi connectivity index (χ0) is 13.7. The second-order valence-electron chi connectivity index (χ2n) is 3.57. The van der Waals surface area contributed by atoms with Crippen LogP contribution in [-0.2, 0) is 4.79 Å². The van der Waals surface area contributed by atoms with Crippen LogP contribution in [0.2, 0.25) is 0 Å². The highest BCUT2D eigenvalue weighted by Crippen LogP contribution is 2.21. The van der Waals surface area contributed by atoms with Gasteiger partial charge in [0.05, 0.1) is 7.11 Å². The molecule has 3 amide bonds. The number of urea groups is 1. The van der Waals surface area contributed by atoms with E-state index < -0.39 is 23.8 Å². The molecule has 0 saturated carbocycles. The molecule has 4 N–H and O–H groups in total. The van der Waals surface area contributed by atoms with E-state index >= 15 is 0 Å². The Kier molecular flexibility index (Phi) is 4.47. The second-order valence-corrected chi connectivity index (χ2v) is 3.57. The van der Waals surface area contributed by atoms with Crippen molar-refractivity contribution in [2.75, 3.05) is 12.4 Å². The lowest BCUT2D eigenvalue weighted by Crippen LogP contribution is -2.43. The minimum atomic E-state index is -0.926. The molecule has 0 bridgehead atoms. The molecule has 0 spiro atoms. The lowest BCUT2D eigenvalue weighted by atomic mass is 10.2. The number of nitrogens with two attached hydrogens (primary N) is 1. The molecule has 98 valence electrons. The van der Waals surface area contributed by atoms with E-state index in [-0.39, 0.29) is 5.75 Å². The van der Waals surface area contributed by atoms with Crippen LogP contribution in [0, 0.1) is 5.82 Å². The number of rotatable bonds is 4. The number of carbonyl (C=O) groups excluding carboxylic acids is 2. The first kappa shape index (κ1) is 13.8. The normalized spacial score (nSPS) is 11.5. The van der Waals surface area contributed by atoms with Gasteiger partial charge in [0.1, 0.15) is 6.04 Å². The van der Waals surface area contributed by atoms with Crippen molar-refractivity contribution < 1.29 is 18.7 Å². The largest absolute Gasteiger partial charge is 0.494 e. The van der Waals surface area contributed by atoms with E-state index in [2.05, 4.69) is 5.32 Å². The molecule has 18 heavy (non-hydrogen) atoms. The smallest absolute Gasteiger partial charge is 0.318 e. The van der Waals surface area contributed by atoms with Gasteiger partial charge in [-0.2, -0.15) is 0 Å². The molecule has 1 unspecified atom stereocenters. The summed E-state index contributed by atoms with van der Waals surface area (Å²) in [4.78, 5) is 21.9. The molecular formula is C11H14FN3O3. The Balaban J connectivity index is 2.72. The van der Waals surface area contributed by atoms with Crippen molar-refractivity contribution in [3.05, 3.63) is 24.0 Å². The van der Waals surface area contributed by atoms with Crippen molar-refractivity contribution in [2.45, 2.75) is 13.0 Å². The monoisotopic (exact) mass is 255 g/mol. The maximum Gasteiger partial charge on any atom is 0.318 e. The third-order valence-electron chi connectivity index (χ3n) is 2.17. The molecule has 7 heteroatoms. The van der Waals surface area contributed by atoms with Gasteiger partial charge in [-0.3, -0.25) is 10.1 Å². The Bertz CT molecular complexity index is 465. The number of methoxy groups -OCH3 is 1. The summed E-state index contributed by atoms with van der Waals surface area (Å²) < 4.78 is 17.9.